The molecule has 1 unspecified atom stereocenters. The van der Waals surface area contributed by atoms with Crippen molar-refractivity contribution in [2.24, 2.45) is 4.99 Å². The summed E-state index contributed by atoms with van der Waals surface area (Å²) in [6, 6.07) is 10.5. The Balaban J connectivity index is 2.04. The van der Waals surface area contributed by atoms with E-state index in [4.69, 9.17) is 11.6 Å². The second-order valence-corrected chi connectivity index (χ2v) is 5.10. The van der Waals surface area contributed by atoms with Gasteiger partial charge in [-0.05, 0) is 29.8 Å². The van der Waals surface area contributed by atoms with E-state index in [0.717, 1.165) is 17.7 Å². The summed E-state index contributed by atoms with van der Waals surface area (Å²) in [5.41, 5.74) is 0.133. The van der Waals surface area contributed by atoms with Crippen molar-refractivity contribution >= 4 is 17.8 Å². The van der Waals surface area contributed by atoms with E-state index in [1.165, 1.54) is 6.07 Å². The molecule has 3 rings (SSSR count). The van der Waals surface area contributed by atoms with Gasteiger partial charge in [-0.3, -0.25) is 4.99 Å². The predicted molar refractivity (Wildman–Crippen MR) is 74.0 cm³/mol. The maximum Gasteiger partial charge on any atom is 0.416 e. The smallest absolute Gasteiger partial charge is 0.366 e. The monoisotopic (exact) mass is 310 g/mol. The lowest BCUT2D eigenvalue weighted by molar-refractivity contribution is -0.137. The summed E-state index contributed by atoms with van der Waals surface area (Å²) in [4.78, 5) is 4.33. The zero-order valence-corrected chi connectivity index (χ0v) is 11.4. The number of benzene rings is 2. The summed E-state index contributed by atoms with van der Waals surface area (Å²) in [6.45, 7) is 0. The molecule has 0 amide bonds. The maximum atomic E-state index is 12.7. The number of hydrogen-bond acceptors (Lipinski definition) is 2. The van der Waals surface area contributed by atoms with Gasteiger partial charge in [0.15, 0.2) is 0 Å². The van der Waals surface area contributed by atoms with Gasteiger partial charge in [-0.15, -0.1) is 0 Å². The molecule has 0 spiro atoms. The zero-order chi connectivity index (χ0) is 15.0. The molecule has 6 heteroatoms. The molecule has 1 aliphatic heterocycles. The number of halogens is 4. The second kappa shape index (κ2) is 5.07. The fraction of sp³-hybridized carbons (Fsp3) is 0.133. The van der Waals surface area contributed by atoms with Crippen LogP contribution in [0.15, 0.2) is 47.5 Å². The molecule has 0 saturated carbocycles. The first-order valence-corrected chi connectivity index (χ1v) is 6.58. The van der Waals surface area contributed by atoms with Gasteiger partial charge in [0, 0.05) is 16.4 Å². The molecule has 108 valence electrons. The van der Waals surface area contributed by atoms with Crippen molar-refractivity contribution in [3.05, 3.63) is 69.2 Å². The molecule has 0 saturated heterocycles. The molecule has 1 N–H and O–H groups in total. The lowest BCUT2D eigenvalue weighted by Crippen LogP contribution is -2.36. The van der Waals surface area contributed by atoms with Gasteiger partial charge in [-0.1, -0.05) is 29.8 Å². The summed E-state index contributed by atoms with van der Waals surface area (Å²) in [7, 11) is 0. The number of alkyl halides is 3. The maximum absolute atomic E-state index is 12.7. The highest BCUT2D eigenvalue weighted by Crippen LogP contribution is 2.27. The van der Waals surface area contributed by atoms with Crippen LogP contribution in [0, 0.1) is 0 Å². The van der Waals surface area contributed by atoms with E-state index < -0.39 is 17.9 Å². The van der Waals surface area contributed by atoms with Gasteiger partial charge in [0.05, 0.1) is 10.9 Å². The van der Waals surface area contributed by atoms with Crippen molar-refractivity contribution in [1.82, 2.24) is 5.32 Å². The number of nitrogens with zero attached hydrogens (tertiary/aromatic N) is 1. The molecule has 2 nitrogen and oxygen atoms in total. The summed E-state index contributed by atoms with van der Waals surface area (Å²) in [6.07, 6.45) is -3.12. The fourth-order valence-electron chi connectivity index (χ4n) is 2.11. The largest absolute Gasteiger partial charge is 0.416 e. The van der Waals surface area contributed by atoms with Gasteiger partial charge in [-0.25, -0.2) is 0 Å². The van der Waals surface area contributed by atoms with Gasteiger partial charge in [0.25, 0.3) is 0 Å². The SMILES string of the molecule is FC(F)(F)c1ccc2c(c1)=NC(c1ccc(Cl)cc1)NC=2. The number of rotatable bonds is 1. The number of nitrogens with one attached hydrogen (secondary N) is 1. The van der Waals surface area contributed by atoms with E-state index in [9.17, 15) is 13.2 Å². The summed E-state index contributed by atoms with van der Waals surface area (Å²) in [5.74, 6) is 0. The standard InChI is InChI=1S/C15H10ClF3N2/c16-12-5-2-9(3-6-12)14-20-8-10-1-4-11(15(17,18)19)7-13(10)21-14/h1-8,14,20H. The topological polar surface area (TPSA) is 24.4 Å². The quantitative estimate of drug-likeness (QED) is 0.860. The third-order valence-corrected chi connectivity index (χ3v) is 3.46. The van der Waals surface area contributed by atoms with Crippen LogP contribution in [0.25, 0.3) is 6.20 Å². The number of hydrogen-bond donors (Lipinski definition) is 1. The Morgan fingerprint density at radius 3 is 2.43 bits per heavy atom. The van der Waals surface area contributed by atoms with Crippen LogP contribution in [0.5, 0.6) is 0 Å². The van der Waals surface area contributed by atoms with Crippen LogP contribution < -0.4 is 15.9 Å². The van der Waals surface area contributed by atoms with Crippen LogP contribution in [0.4, 0.5) is 13.2 Å². The van der Waals surface area contributed by atoms with E-state index in [0.29, 0.717) is 15.6 Å². The van der Waals surface area contributed by atoms with Gasteiger partial charge in [0.1, 0.15) is 6.17 Å². The molecular formula is C15H10ClF3N2. The van der Waals surface area contributed by atoms with Crippen LogP contribution in [0.1, 0.15) is 17.3 Å². The van der Waals surface area contributed by atoms with Gasteiger partial charge >= 0.3 is 6.18 Å². The van der Waals surface area contributed by atoms with Crippen molar-refractivity contribution < 1.29 is 13.2 Å². The molecular weight excluding hydrogens is 301 g/mol. The van der Waals surface area contributed by atoms with E-state index in [1.54, 1.807) is 30.5 Å². The highest BCUT2D eigenvalue weighted by Gasteiger charge is 2.30. The van der Waals surface area contributed by atoms with Crippen LogP contribution >= 0.6 is 11.6 Å². The van der Waals surface area contributed by atoms with Crippen molar-refractivity contribution in [1.29, 1.82) is 0 Å². The number of fused-ring (bicyclic) bond motifs is 1. The van der Waals surface area contributed by atoms with E-state index in [-0.39, 0.29) is 0 Å². The molecule has 0 fully saturated rings. The van der Waals surface area contributed by atoms with Crippen molar-refractivity contribution in [3.8, 4) is 0 Å². The van der Waals surface area contributed by atoms with Gasteiger partial charge < -0.3 is 5.32 Å². The molecule has 0 aromatic heterocycles. The zero-order valence-electron chi connectivity index (χ0n) is 10.7. The molecule has 1 heterocycles. The second-order valence-electron chi connectivity index (χ2n) is 4.67. The predicted octanol–water partition coefficient (Wildman–Crippen LogP) is 3.02. The summed E-state index contributed by atoms with van der Waals surface area (Å²) < 4.78 is 38.2. The van der Waals surface area contributed by atoms with Crippen molar-refractivity contribution in [2.75, 3.05) is 0 Å². The lowest BCUT2D eigenvalue weighted by Gasteiger charge is -2.17. The van der Waals surface area contributed by atoms with Crippen LogP contribution in [-0.4, -0.2) is 0 Å². The van der Waals surface area contributed by atoms with Crippen LogP contribution in [-0.2, 0) is 6.18 Å². The van der Waals surface area contributed by atoms with Crippen LogP contribution in [0.2, 0.25) is 5.02 Å². The first-order chi connectivity index (χ1) is 9.93. The minimum absolute atomic E-state index is 0.323. The Morgan fingerprint density at radius 2 is 1.76 bits per heavy atom. The molecule has 1 atom stereocenters. The fourth-order valence-corrected chi connectivity index (χ4v) is 2.24. The lowest BCUT2D eigenvalue weighted by atomic mass is 10.1. The molecule has 1 aliphatic rings. The minimum Gasteiger partial charge on any atom is -0.366 e. The molecule has 0 bridgehead atoms. The first-order valence-electron chi connectivity index (χ1n) is 6.20. The molecule has 2 aromatic rings. The molecule has 0 aliphatic carbocycles. The van der Waals surface area contributed by atoms with Crippen LogP contribution in [0.3, 0.4) is 0 Å². The normalized spacial score (nSPS) is 17.2. The molecule has 0 radical (unpaired) electrons. The Kier molecular flexibility index (Phi) is 3.37. The van der Waals surface area contributed by atoms with Gasteiger partial charge in [0.2, 0.25) is 0 Å². The van der Waals surface area contributed by atoms with Crippen molar-refractivity contribution in [3.63, 3.8) is 0 Å². The summed E-state index contributed by atoms with van der Waals surface area (Å²) in [5, 5.41) is 4.60. The van der Waals surface area contributed by atoms with Gasteiger partial charge in [-0.2, -0.15) is 13.2 Å². The third kappa shape index (κ3) is 2.88. The average molecular weight is 311 g/mol. The molecule has 21 heavy (non-hydrogen) atoms. The average Bonchev–Trinajstić information content (AvgIpc) is 2.46. The minimum atomic E-state index is -4.37. The van der Waals surface area contributed by atoms with E-state index in [1.807, 2.05) is 0 Å². The summed E-state index contributed by atoms with van der Waals surface area (Å²) >= 11 is 5.82. The Morgan fingerprint density at radius 1 is 1.05 bits per heavy atom. The highest BCUT2D eigenvalue weighted by atomic mass is 35.5. The highest BCUT2D eigenvalue weighted by molar-refractivity contribution is 6.30. The Labute approximate surface area is 123 Å². The van der Waals surface area contributed by atoms with E-state index in [2.05, 4.69) is 10.3 Å². The molecule has 2 aromatic carbocycles. The Bertz CT molecular complexity index is 782. The van der Waals surface area contributed by atoms with E-state index >= 15 is 0 Å². The third-order valence-electron chi connectivity index (χ3n) is 3.21. The van der Waals surface area contributed by atoms with Crippen molar-refractivity contribution in [2.45, 2.75) is 12.3 Å². The Hall–Kier alpha value is -2.01. The first kappa shape index (κ1) is 13.9.